The van der Waals surface area contributed by atoms with Crippen molar-refractivity contribution in [1.82, 2.24) is 4.98 Å². The van der Waals surface area contributed by atoms with Gasteiger partial charge in [-0.1, -0.05) is 6.07 Å². The molecule has 22 heavy (non-hydrogen) atoms. The van der Waals surface area contributed by atoms with Crippen molar-refractivity contribution in [2.45, 2.75) is 26.9 Å². The Balaban J connectivity index is 1.70. The van der Waals surface area contributed by atoms with Gasteiger partial charge in [-0.3, -0.25) is 9.78 Å². The van der Waals surface area contributed by atoms with E-state index in [0.29, 0.717) is 0 Å². The number of pyridine rings is 1. The molecule has 0 radical (unpaired) electrons. The number of aromatic nitrogens is 1. The highest BCUT2D eigenvalue weighted by Gasteiger charge is 2.12. The first-order chi connectivity index (χ1) is 10.6. The fourth-order valence-corrected chi connectivity index (χ4v) is 2.32. The monoisotopic (exact) mass is 295 g/mol. The van der Waals surface area contributed by atoms with E-state index in [2.05, 4.69) is 11.1 Å². The van der Waals surface area contributed by atoms with Crippen molar-refractivity contribution in [2.75, 3.05) is 0 Å². The first-order valence-corrected chi connectivity index (χ1v) is 7.16. The molecule has 0 atom stereocenters. The number of esters is 1. The number of hydrogen-bond acceptors (Lipinski definition) is 4. The first kappa shape index (κ1) is 14.3. The van der Waals surface area contributed by atoms with Gasteiger partial charge in [-0.15, -0.1) is 0 Å². The summed E-state index contributed by atoms with van der Waals surface area (Å²) in [6.07, 6.45) is 3.51. The van der Waals surface area contributed by atoms with E-state index in [-0.39, 0.29) is 19.0 Å². The van der Waals surface area contributed by atoms with Crippen molar-refractivity contribution in [3.05, 3.63) is 65.2 Å². The van der Waals surface area contributed by atoms with Gasteiger partial charge in [-0.2, -0.15) is 0 Å². The van der Waals surface area contributed by atoms with Crippen LogP contribution in [-0.4, -0.2) is 11.0 Å². The van der Waals surface area contributed by atoms with Gasteiger partial charge in [-0.25, -0.2) is 0 Å². The Morgan fingerprint density at radius 3 is 2.82 bits per heavy atom. The molecule has 0 spiro atoms. The number of hydrogen-bond donors (Lipinski definition) is 0. The van der Waals surface area contributed by atoms with Gasteiger partial charge in [0.2, 0.25) is 0 Å². The van der Waals surface area contributed by atoms with Crippen molar-refractivity contribution in [3.63, 3.8) is 0 Å². The van der Waals surface area contributed by atoms with Gasteiger partial charge in [0.25, 0.3) is 0 Å². The second-order valence-electron chi connectivity index (χ2n) is 5.35. The molecule has 4 heteroatoms. The summed E-state index contributed by atoms with van der Waals surface area (Å²) >= 11 is 0. The molecule has 2 aromatic heterocycles. The molecule has 0 unspecified atom stereocenters. The van der Waals surface area contributed by atoms with Crippen LogP contribution < -0.4 is 0 Å². The average molecular weight is 295 g/mol. The average Bonchev–Trinajstić information content (AvgIpc) is 2.89. The number of aryl methyl sites for hydroxylation is 2. The van der Waals surface area contributed by atoms with Crippen LogP contribution in [0.15, 0.2) is 47.2 Å². The van der Waals surface area contributed by atoms with Crippen LogP contribution in [0.1, 0.15) is 22.4 Å². The smallest absolute Gasteiger partial charge is 0.310 e. The minimum Gasteiger partial charge on any atom is -0.464 e. The van der Waals surface area contributed by atoms with Crippen molar-refractivity contribution < 1.29 is 13.9 Å². The third kappa shape index (κ3) is 3.01. The molecule has 3 aromatic rings. The highest BCUT2D eigenvalue weighted by Crippen LogP contribution is 2.25. The van der Waals surface area contributed by atoms with Gasteiger partial charge in [0.15, 0.2) is 0 Å². The molecular formula is C18H17NO3. The number of ether oxygens (including phenoxy) is 1. The van der Waals surface area contributed by atoms with Crippen molar-refractivity contribution >= 4 is 16.9 Å². The van der Waals surface area contributed by atoms with E-state index < -0.39 is 0 Å². The van der Waals surface area contributed by atoms with Crippen molar-refractivity contribution in [2.24, 2.45) is 0 Å². The summed E-state index contributed by atoms with van der Waals surface area (Å²) in [5, 5.41) is 0.970. The summed E-state index contributed by atoms with van der Waals surface area (Å²) < 4.78 is 10.8. The van der Waals surface area contributed by atoms with Gasteiger partial charge in [0.05, 0.1) is 18.4 Å². The lowest BCUT2D eigenvalue weighted by Gasteiger charge is -2.04. The van der Waals surface area contributed by atoms with Gasteiger partial charge < -0.3 is 9.15 Å². The molecule has 0 fully saturated rings. The van der Waals surface area contributed by atoms with E-state index in [9.17, 15) is 4.79 Å². The summed E-state index contributed by atoms with van der Waals surface area (Å²) in [4.78, 5) is 16.1. The maximum absolute atomic E-state index is 12.0. The van der Waals surface area contributed by atoms with Crippen LogP contribution in [0.3, 0.4) is 0 Å². The van der Waals surface area contributed by atoms with E-state index >= 15 is 0 Å². The van der Waals surface area contributed by atoms with E-state index in [1.165, 1.54) is 11.1 Å². The zero-order valence-corrected chi connectivity index (χ0v) is 12.6. The predicted molar refractivity (Wildman–Crippen MR) is 83.4 cm³/mol. The van der Waals surface area contributed by atoms with E-state index in [1.54, 1.807) is 12.5 Å². The number of fused-ring (bicyclic) bond motifs is 1. The number of rotatable bonds is 4. The van der Waals surface area contributed by atoms with Gasteiger partial charge in [0.1, 0.15) is 12.2 Å². The second kappa shape index (κ2) is 6.02. The van der Waals surface area contributed by atoms with Gasteiger partial charge in [0, 0.05) is 17.1 Å². The van der Waals surface area contributed by atoms with E-state index in [4.69, 9.17) is 9.15 Å². The number of nitrogens with zero attached hydrogens (tertiary/aromatic N) is 1. The third-order valence-corrected chi connectivity index (χ3v) is 3.71. The largest absolute Gasteiger partial charge is 0.464 e. The molecular weight excluding hydrogens is 278 g/mol. The lowest BCUT2D eigenvalue weighted by atomic mass is 10.0. The Kier molecular flexibility index (Phi) is 3.92. The van der Waals surface area contributed by atoms with Crippen LogP contribution in [0.2, 0.25) is 0 Å². The quantitative estimate of drug-likeness (QED) is 0.688. The van der Waals surface area contributed by atoms with Crippen LogP contribution in [-0.2, 0) is 22.6 Å². The van der Waals surface area contributed by atoms with Crippen molar-refractivity contribution in [3.8, 4) is 0 Å². The second-order valence-corrected chi connectivity index (χ2v) is 5.35. The van der Waals surface area contributed by atoms with Crippen LogP contribution in [0.4, 0.5) is 0 Å². The van der Waals surface area contributed by atoms with Crippen LogP contribution in [0.5, 0.6) is 0 Å². The molecule has 2 heterocycles. The molecule has 112 valence electrons. The number of furan rings is 1. The van der Waals surface area contributed by atoms with Gasteiger partial charge in [-0.05, 0) is 49.2 Å². The molecule has 0 aliphatic carbocycles. The Bertz CT molecular complexity index is 806. The Labute approximate surface area is 128 Å². The summed E-state index contributed by atoms with van der Waals surface area (Å²) in [6.45, 7) is 4.27. The summed E-state index contributed by atoms with van der Waals surface area (Å²) in [6, 6.07) is 9.56. The maximum atomic E-state index is 12.0. The van der Waals surface area contributed by atoms with Crippen LogP contribution in [0.25, 0.3) is 11.0 Å². The molecule has 0 bridgehead atoms. The van der Waals surface area contributed by atoms with E-state index in [0.717, 1.165) is 22.2 Å². The van der Waals surface area contributed by atoms with Crippen molar-refractivity contribution in [1.29, 1.82) is 0 Å². The molecule has 0 saturated carbocycles. The maximum Gasteiger partial charge on any atom is 0.310 e. The molecule has 1 aromatic carbocycles. The zero-order valence-electron chi connectivity index (χ0n) is 12.6. The van der Waals surface area contributed by atoms with Crippen LogP contribution in [0, 0.1) is 13.8 Å². The molecule has 3 rings (SSSR count). The summed E-state index contributed by atoms with van der Waals surface area (Å²) in [7, 11) is 0. The molecule has 0 N–H and O–H groups in total. The molecule has 0 amide bonds. The summed E-state index contributed by atoms with van der Waals surface area (Å²) in [5.74, 6) is -0.286. The lowest BCUT2D eigenvalue weighted by molar-refractivity contribution is -0.144. The molecule has 0 aliphatic rings. The highest BCUT2D eigenvalue weighted by molar-refractivity contribution is 5.86. The zero-order chi connectivity index (χ0) is 15.5. The third-order valence-electron chi connectivity index (χ3n) is 3.71. The lowest BCUT2D eigenvalue weighted by Crippen LogP contribution is -2.08. The predicted octanol–water partition coefficient (Wildman–Crippen LogP) is 3.73. The van der Waals surface area contributed by atoms with Crippen LogP contribution >= 0.6 is 0 Å². The summed E-state index contributed by atoms with van der Waals surface area (Å²) in [5.41, 5.74) is 4.74. The van der Waals surface area contributed by atoms with Gasteiger partial charge >= 0.3 is 5.97 Å². The first-order valence-electron chi connectivity index (χ1n) is 7.16. The highest BCUT2D eigenvalue weighted by atomic mass is 16.5. The molecule has 0 aliphatic heterocycles. The standard InChI is InChI=1S/C18H17NO3/c1-12-7-16-14(10-21-17(16)8-13(12)2)9-18(20)22-11-15-5-3-4-6-19-15/h3-8,10H,9,11H2,1-2H3. The Morgan fingerprint density at radius 1 is 1.23 bits per heavy atom. The van der Waals surface area contributed by atoms with E-state index in [1.807, 2.05) is 38.1 Å². The minimum atomic E-state index is -0.286. The number of carbonyl (C=O) groups excluding carboxylic acids is 1. The molecule has 4 nitrogen and oxygen atoms in total. The number of benzene rings is 1. The molecule has 0 saturated heterocycles. The number of carbonyl (C=O) groups is 1. The SMILES string of the molecule is Cc1cc2occ(CC(=O)OCc3ccccn3)c2cc1C. The minimum absolute atomic E-state index is 0.188. The fourth-order valence-electron chi connectivity index (χ4n) is 2.32. The Hall–Kier alpha value is -2.62. The normalized spacial score (nSPS) is 10.8. The Morgan fingerprint density at radius 2 is 2.05 bits per heavy atom. The fraction of sp³-hybridized carbons (Fsp3) is 0.222. The topological polar surface area (TPSA) is 52.3 Å².